The topological polar surface area (TPSA) is 17.8 Å². The Hall–Kier alpha value is -2.06. The molecule has 1 heterocycles. The van der Waals surface area contributed by atoms with Crippen LogP contribution in [0.25, 0.3) is 16.9 Å². The summed E-state index contributed by atoms with van der Waals surface area (Å²) in [6.45, 7) is 2.16. The molecule has 3 heteroatoms. The zero-order valence-corrected chi connectivity index (χ0v) is 12.7. The van der Waals surface area contributed by atoms with E-state index >= 15 is 0 Å². The summed E-state index contributed by atoms with van der Waals surface area (Å²) in [6, 6.07) is 18.6. The molecule has 0 aliphatic rings. The highest BCUT2D eigenvalue weighted by Crippen LogP contribution is 2.25. The Morgan fingerprint density at radius 2 is 1.71 bits per heavy atom. The minimum absolute atomic E-state index is 0.456. The van der Waals surface area contributed by atoms with E-state index in [1.54, 1.807) is 0 Å². The second-order valence-corrected chi connectivity index (χ2v) is 5.23. The highest BCUT2D eigenvalue weighted by atomic mass is 35.5. The zero-order chi connectivity index (χ0) is 14.7. The normalized spacial score (nSPS) is 10.8. The first-order chi connectivity index (χ1) is 10.3. The molecule has 0 radical (unpaired) electrons. The number of benzene rings is 2. The van der Waals surface area contributed by atoms with Crippen molar-refractivity contribution in [2.75, 3.05) is 0 Å². The molecule has 0 spiro atoms. The highest BCUT2D eigenvalue weighted by Gasteiger charge is 2.11. The standard InChI is InChI=1S/C18H17ClN2/c1-2-14-8-10-15(11-9-14)18-16(12-19)13-21(20-18)17-6-4-3-5-7-17/h3-11,13H,2,12H2,1H3. The molecule has 0 N–H and O–H groups in total. The molecule has 21 heavy (non-hydrogen) atoms. The lowest BCUT2D eigenvalue weighted by atomic mass is 10.1. The van der Waals surface area contributed by atoms with E-state index in [4.69, 9.17) is 16.7 Å². The molecule has 106 valence electrons. The third-order valence-electron chi connectivity index (χ3n) is 3.59. The van der Waals surface area contributed by atoms with Crippen molar-refractivity contribution in [1.82, 2.24) is 9.78 Å². The Balaban J connectivity index is 2.03. The van der Waals surface area contributed by atoms with Crippen LogP contribution in [0.1, 0.15) is 18.1 Å². The lowest BCUT2D eigenvalue weighted by Gasteiger charge is -2.02. The quantitative estimate of drug-likeness (QED) is 0.630. The monoisotopic (exact) mass is 296 g/mol. The Morgan fingerprint density at radius 1 is 1.00 bits per heavy atom. The van der Waals surface area contributed by atoms with E-state index in [1.807, 2.05) is 41.2 Å². The molecular weight excluding hydrogens is 280 g/mol. The van der Waals surface area contributed by atoms with Gasteiger partial charge in [0.2, 0.25) is 0 Å². The Kier molecular flexibility index (Phi) is 4.07. The van der Waals surface area contributed by atoms with E-state index in [9.17, 15) is 0 Å². The maximum absolute atomic E-state index is 6.09. The summed E-state index contributed by atoms with van der Waals surface area (Å²) < 4.78 is 1.89. The van der Waals surface area contributed by atoms with Crippen LogP contribution in [-0.4, -0.2) is 9.78 Å². The van der Waals surface area contributed by atoms with Crippen LogP contribution in [0.4, 0.5) is 0 Å². The van der Waals surface area contributed by atoms with E-state index in [1.165, 1.54) is 5.56 Å². The summed E-state index contributed by atoms with van der Waals surface area (Å²) in [7, 11) is 0. The van der Waals surface area contributed by atoms with Crippen LogP contribution in [0, 0.1) is 0 Å². The van der Waals surface area contributed by atoms with Crippen LogP contribution >= 0.6 is 11.6 Å². The molecule has 0 amide bonds. The molecule has 3 rings (SSSR count). The van der Waals surface area contributed by atoms with Crippen molar-refractivity contribution in [2.24, 2.45) is 0 Å². The second kappa shape index (κ2) is 6.15. The molecule has 1 aromatic heterocycles. The summed E-state index contributed by atoms with van der Waals surface area (Å²) in [4.78, 5) is 0. The van der Waals surface area contributed by atoms with Crippen LogP contribution in [0.15, 0.2) is 60.8 Å². The molecule has 2 nitrogen and oxygen atoms in total. The summed E-state index contributed by atoms with van der Waals surface area (Å²) >= 11 is 6.09. The Morgan fingerprint density at radius 3 is 2.33 bits per heavy atom. The minimum atomic E-state index is 0.456. The number of aromatic nitrogens is 2. The van der Waals surface area contributed by atoms with Gasteiger partial charge in [-0.05, 0) is 24.1 Å². The average molecular weight is 297 g/mol. The van der Waals surface area contributed by atoms with E-state index < -0.39 is 0 Å². The van der Waals surface area contributed by atoms with Crippen LogP contribution < -0.4 is 0 Å². The van der Waals surface area contributed by atoms with Gasteiger partial charge in [0.1, 0.15) is 0 Å². The Bertz CT molecular complexity index is 715. The lowest BCUT2D eigenvalue weighted by molar-refractivity contribution is 0.884. The van der Waals surface area contributed by atoms with Gasteiger partial charge in [-0.15, -0.1) is 11.6 Å². The number of hydrogen-bond donors (Lipinski definition) is 0. The average Bonchev–Trinajstić information content (AvgIpc) is 3.00. The first-order valence-electron chi connectivity index (χ1n) is 7.11. The first-order valence-corrected chi connectivity index (χ1v) is 7.64. The molecular formula is C18H17ClN2. The molecule has 0 saturated carbocycles. The molecule has 0 aliphatic carbocycles. The van der Waals surface area contributed by atoms with E-state index in [0.29, 0.717) is 5.88 Å². The van der Waals surface area contributed by atoms with Gasteiger partial charge in [0.25, 0.3) is 0 Å². The number of halogens is 1. The largest absolute Gasteiger partial charge is 0.240 e. The fraction of sp³-hybridized carbons (Fsp3) is 0.167. The molecule has 0 bridgehead atoms. The second-order valence-electron chi connectivity index (χ2n) is 4.97. The number of para-hydroxylation sites is 1. The predicted molar refractivity (Wildman–Crippen MR) is 87.9 cm³/mol. The van der Waals surface area contributed by atoms with Crippen molar-refractivity contribution >= 4 is 11.6 Å². The minimum Gasteiger partial charge on any atom is -0.240 e. The fourth-order valence-electron chi connectivity index (χ4n) is 2.36. The molecule has 0 unspecified atom stereocenters. The molecule has 0 aliphatic heterocycles. The number of nitrogens with zero attached hydrogens (tertiary/aromatic N) is 2. The lowest BCUT2D eigenvalue weighted by Crippen LogP contribution is -1.94. The molecule has 3 aromatic rings. The van der Waals surface area contributed by atoms with Crippen LogP contribution in [0.3, 0.4) is 0 Å². The van der Waals surface area contributed by atoms with Gasteiger partial charge in [-0.25, -0.2) is 4.68 Å². The van der Waals surface area contributed by atoms with E-state index in [0.717, 1.165) is 28.9 Å². The van der Waals surface area contributed by atoms with Crippen molar-refractivity contribution in [3.8, 4) is 16.9 Å². The van der Waals surface area contributed by atoms with Gasteiger partial charge in [0.05, 0.1) is 17.3 Å². The first kappa shape index (κ1) is 13.9. The van der Waals surface area contributed by atoms with Gasteiger partial charge in [0, 0.05) is 17.3 Å². The van der Waals surface area contributed by atoms with Gasteiger partial charge in [-0.2, -0.15) is 5.10 Å². The van der Waals surface area contributed by atoms with Crippen LogP contribution in [0.5, 0.6) is 0 Å². The maximum atomic E-state index is 6.09. The van der Waals surface area contributed by atoms with Crippen molar-refractivity contribution in [1.29, 1.82) is 0 Å². The smallest absolute Gasteiger partial charge is 0.0971 e. The van der Waals surface area contributed by atoms with Crippen molar-refractivity contribution in [2.45, 2.75) is 19.2 Å². The maximum Gasteiger partial charge on any atom is 0.0971 e. The molecule has 0 fully saturated rings. The van der Waals surface area contributed by atoms with Gasteiger partial charge >= 0.3 is 0 Å². The van der Waals surface area contributed by atoms with Crippen molar-refractivity contribution in [3.63, 3.8) is 0 Å². The number of alkyl halides is 1. The SMILES string of the molecule is CCc1ccc(-c2nn(-c3ccccc3)cc2CCl)cc1. The van der Waals surface area contributed by atoms with Crippen LogP contribution in [0.2, 0.25) is 0 Å². The highest BCUT2D eigenvalue weighted by molar-refractivity contribution is 6.17. The van der Waals surface area contributed by atoms with Crippen molar-refractivity contribution < 1.29 is 0 Å². The van der Waals surface area contributed by atoms with E-state index in [2.05, 4.69) is 31.2 Å². The summed E-state index contributed by atoms with van der Waals surface area (Å²) in [5.41, 5.74) is 5.48. The van der Waals surface area contributed by atoms with Gasteiger partial charge in [-0.1, -0.05) is 49.4 Å². The van der Waals surface area contributed by atoms with Crippen LogP contribution in [-0.2, 0) is 12.3 Å². The fourth-order valence-corrected chi connectivity index (χ4v) is 2.56. The number of rotatable bonds is 4. The molecule has 0 saturated heterocycles. The summed E-state index contributed by atoms with van der Waals surface area (Å²) in [5.74, 6) is 0.456. The number of aryl methyl sites for hydroxylation is 1. The summed E-state index contributed by atoms with van der Waals surface area (Å²) in [6.07, 6.45) is 3.05. The third-order valence-corrected chi connectivity index (χ3v) is 3.88. The van der Waals surface area contributed by atoms with Gasteiger partial charge < -0.3 is 0 Å². The van der Waals surface area contributed by atoms with Gasteiger partial charge in [0.15, 0.2) is 0 Å². The third kappa shape index (κ3) is 2.86. The number of hydrogen-bond acceptors (Lipinski definition) is 1. The predicted octanol–water partition coefficient (Wildman–Crippen LogP) is 4.84. The van der Waals surface area contributed by atoms with Crippen molar-refractivity contribution in [3.05, 3.63) is 71.9 Å². The Labute approximate surface area is 130 Å². The molecule has 2 aromatic carbocycles. The summed E-state index contributed by atoms with van der Waals surface area (Å²) in [5, 5.41) is 4.71. The van der Waals surface area contributed by atoms with Gasteiger partial charge in [-0.3, -0.25) is 0 Å². The zero-order valence-electron chi connectivity index (χ0n) is 12.0. The molecule has 0 atom stereocenters. The van der Waals surface area contributed by atoms with E-state index in [-0.39, 0.29) is 0 Å².